The van der Waals surface area contributed by atoms with Gasteiger partial charge in [0.15, 0.2) is 9.84 Å². The van der Waals surface area contributed by atoms with Gasteiger partial charge < -0.3 is 5.26 Å². The number of sulfone groups is 1. The van der Waals surface area contributed by atoms with Gasteiger partial charge in [-0.25, -0.2) is 8.42 Å². The zero-order valence-corrected chi connectivity index (χ0v) is 15.7. The van der Waals surface area contributed by atoms with Crippen LogP contribution in [0.4, 0.5) is 0 Å². The number of halogens is 1. The third kappa shape index (κ3) is 5.63. The minimum absolute atomic E-state index is 0. The number of aryl methyl sites for hydroxylation is 1. The molecular weight excluding hydrogens is 402 g/mol. The minimum Gasteiger partial charge on any atom is -0.691 e. The van der Waals surface area contributed by atoms with Gasteiger partial charge in [0.25, 0.3) is 0 Å². The first-order chi connectivity index (χ1) is 8.01. The van der Waals surface area contributed by atoms with Crippen molar-refractivity contribution in [3.8, 4) is 0 Å². The third-order valence-electron chi connectivity index (χ3n) is 1.99. The van der Waals surface area contributed by atoms with Crippen molar-refractivity contribution in [1.82, 2.24) is 0 Å². The van der Waals surface area contributed by atoms with Crippen LogP contribution in [-0.2, 0) is 19.2 Å². The van der Waals surface area contributed by atoms with E-state index in [1.54, 1.807) is 19.1 Å². The van der Waals surface area contributed by atoms with Gasteiger partial charge in [-0.1, -0.05) is 22.6 Å². The van der Waals surface area contributed by atoms with Crippen molar-refractivity contribution < 1.29 is 52.6 Å². The molecule has 1 aromatic carbocycles. The fourth-order valence-corrected chi connectivity index (χ4v) is 4.73. The van der Waals surface area contributed by atoms with Crippen LogP contribution >= 0.6 is 34.6 Å². The molecule has 1 rings (SSSR count). The molecule has 0 radical (unpaired) electrons. The maximum atomic E-state index is 11.9. The van der Waals surface area contributed by atoms with Crippen LogP contribution in [0.15, 0.2) is 28.0 Å². The molecular formula is C9H10INaO5S2. The van der Waals surface area contributed by atoms with E-state index in [0.29, 0.717) is 19.8 Å². The largest absolute Gasteiger partial charge is 1.00 e. The third-order valence-corrected chi connectivity index (χ3v) is 5.70. The molecule has 0 spiro atoms. The van der Waals surface area contributed by atoms with Gasteiger partial charge >= 0.3 is 29.6 Å². The predicted octanol–water partition coefficient (Wildman–Crippen LogP) is -1.56. The molecule has 9 heteroatoms. The topological polar surface area (TPSA) is 75.7 Å². The zero-order chi connectivity index (χ0) is 12.9. The Morgan fingerprint density at radius 3 is 2.61 bits per heavy atom. The summed E-state index contributed by atoms with van der Waals surface area (Å²) in [6.45, 7) is 1.70. The van der Waals surface area contributed by atoms with E-state index in [1.807, 2.05) is 22.6 Å². The Kier molecular flexibility index (Phi) is 9.71. The second kappa shape index (κ2) is 9.14. The molecule has 0 aliphatic rings. The van der Waals surface area contributed by atoms with E-state index in [0.717, 1.165) is 12.0 Å². The number of benzene rings is 1. The number of alkyl halides is 1. The summed E-state index contributed by atoms with van der Waals surface area (Å²) in [6.07, 6.45) is 0. The molecule has 0 unspecified atom stereocenters. The van der Waals surface area contributed by atoms with Gasteiger partial charge in [-0.3, -0.25) is 5.04 Å². The quantitative estimate of drug-likeness (QED) is 0.141. The first kappa shape index (κ1) is 19.1. The predicted molar refractivity (Wildman–Crippen MR) is 70.1 cm³/mol. The molecule has 0 aliphatic carbocycles. The van der Waals surface area contributed by atoms with Crippen molar-refractivity contribution >= 4 is 44.5 Å². The summed E-state index contributed by atoms with van der Waals surface area (Å²) in [6, 6.07) is 4.70. The van der Waals surface area contributed by atoms with Crippen molar-refractivity contribution in [3.05, 3.63) is 23.8 Å². The Hall–Kier alpha value is 1.13. The molecule has 0 saturated heterocycles. The van der Waals surface area contributed by atoms with Crippen LogP contribution in [0.25, 0.3) is 0 Å². The van der Waals surface area contributed by atoms with E-state index >= 15 is 0 Å². The molecule has 0 N–H and O–H groups in total. The van der Waals surface area contributed by atoms with Crippen LogP contribution in [0.1, 0.15) is 5.56 Å². The Balaban J connectivity index is 0.00000289. The van der Waals surface area contributed by atoms with Crippen LogP contribution in [-0.4, -0.2) is 18.6 Å². The van der Waals surface area contributed by atoms with E-state index in [9.17, 15) is 13.7 Å². The normalized spacial score (nSPS) is 11.1. The average molecular weight is 412 g/mol. The Labute approximate surface area is 146 Å². The van der Waals surface area contributed by atoms with Gasteiger partial charge in [-0.05, 0) is 30.7 Å². The van der Waals surface area contributed by atoms with Crippen molar-refractivity contribution in [3.63, 3.8) is 0 Å². The summed E-state index contributed by atoms with van der Waals surface area (Å²) in [4.78, 5) is 0.910. The first-order valence-corrected chi connectivity index (χ1v) is 8.45. The number of hydrogen-bond acceptors (Lipinski definition) is 6. The number of rotatable bonds is 6. The van der Waals surface area contributed by atoms with Gasteiger partial charge in [0.05, 0.1) is 22.7 Å². The van der Waals surface area contributed by atoms with Gasteiger partial charge in [-0.2, -0.15) is 4.33 Å². The summed E-state index contributed by atoms with van der Waals surface area (Å²) >= 11 is 2.76. The number of hydrogen-bond donors (Lipinski definition) is 0. The van der Waals surface area contributed by atoms with Crippen molar-refractivity contribution in [2.75, 3.05) is 10.2 Å². The molecule has 0 heterocycles. The van der Waals surface area contributed by atoms with Crippen LogP contribution in [0, 0.1) is 6.92 Å². The van der Waals surface area contributed by atoms with Gasteiger partial charge in [0.2, 0.25) is 0 Å². The van der Waals surface area contributed by atoms with E-state index in [1.165, 1.54) is 6.07 Å². The van der Waals surface area contributed by atoms with Gasteiger partial charge in [-0.15, -0.1) is 0 Å². The molecule has 0 atom stereocenters. The van der Waals surface area contributed by atoms with E-state index in [-0.39, 0.29) is 35.3 Å². The summed E-state index contributed by atoms with van der Waals surface area (Å²) in [5.41, 5.74) is 0.620. The molecule has 5 nitrogen and oxygen atoms in total. The minimum atomic E-state index is -3.23. The maximum absolute atomic E-state index is 11.9. The zero-order valence-electron chi connectivity index (χ0n) is 9.88. The summed E-state index contributed by atoms with van der Waals surface area (Å²) < 4.78 is 28.4. The molecule has 96 valence electrons. The van der Waals surface area contributed by atoms with Crippen LogP contribution in [0.5, 0.6) is 0 Å². The molecule has 1 aromatic rings. The summed E-state index contributed by atoms with van der Waals surface area (Å²) in [5, 5.41) is 12.9. The second-order valence-electron chi connectivity index (χ2n) is 3.15. The molecule has 18 heavy (non-hydrogen) atoms. The average Bonchev–Trinajstić information content (AvgIpc) is 2.26. The Morgan fingerprint density at radius 2 is 2.11 bits per heavy atom. The van der Waals surface area contributed by atoms with Gasteiger partial charge in [0, 0.05) is 9.32 Å². The monoisotopic (exact) mass is 412 g/mol. The Bertz CT molecular complexity index is 480. The van der Waals surface area contributed by atoms with E-state index in [2.05, 4.69) is 9.37 Å². The van der Waals surface area contributed by atoms with Crippen molar-refractivity contribution in [2.24, 2.45) is 0 Å². The smallest absolute Gasteiger partial charge is 0.691 e. The van der Waals surface area contributed by atoms with Crippen LogP contribution < -0.4 is 34.8 Å². The summed E-state index contributed by atoms with van der Waals surface area (Å²) in [5.74, 6) is 0.112. The van der Waals surface area contributed by atoms with Crippen LogP contribution in [0.3, 0.4) is 0 Å². The second-order valence-corrected chi connectivity index (χ2v) is 7.09. The molecule has 0 aromatic heterocycles. The van der Waals surface area contributed by atoms with Crippen LogP contribution in [0.2, 0.25) is 0 Å². The first-order valence-electron chi connectivity index (χ1n) is 4.54. The molecule has 0 aliphatic heterocycles. The molecule has 0 fully saturated rings. The fourth-order valence-electron chi connectivity index (χ4n) is 1.29. The van der Waals surface area contributed by atoms with Gasteiger partial charge in [0.1, 0.15) is 0 Å². The maximum Gasteiger partial charge on any atom is 1.00 e. The fraction of sp³-hybridized carbons (Fsp3) is 0.333. The SMILES string of the molecule is Cc1cc(SOO[O-])ccc1S(=O)(=O)CCI.[Na+]. The standard InChI is InChI=1S/C9H11IO5S2.Na/c1-7-6-8(16-15-14-11)2-3-9(7)17(12,13)5-4-10;/h2-3,6,11H,4-5H2,1H3;/q;+1/p-1. The van der Waals surface area contributed by atoms with E-state index < -0.39 is 9.84 Å². The molecule has 0 bridgehead atoms. The van der Waals surface area contributed by atoms with Crippen molar-refractivity contribution in [2.45, 2.75) is 16.7 Å². The molecule has 0 saturated carbocycles. The summed E-state index contributed by atoms with van der Waals surface area (Å²) in [7, 11) is -3.23. The van der Waals surface area contributed by atoms with Crippen molar-refractivity contribution in [1.29, 1.82) is 0 Å². The molecule has 0 amide bonds. The van der Waals surface area contributed by atoms with E-state index in [4.69, 9.17) is 0 Å². The Morgan fingerprint density at radius 1 is 1.44 bits per heavy atom.